The van der Waals surface area contributed by atoms with Crippen LogP contribution >= 0.6 is 0 Å². The molecule has 0 radical (unpaired) electrons. The molecular formula is C18H20N2O4S. The molecule has 0 fully saturated rings. The Bertz CT molecular complexity index is 890. The molecule has 0 unspecified atom stereocenters. The van der Waals surface area contributed by atoms with E-state index in [1.54, 1.807) is 6.07 Å². The van der Waals surface area contributed by atoms with Crippen LogP contribution in [0, 0.1) is 0 Å². The van der Waals surface area contributed by atoms with Gasteiger partial charge in [0.2, 0.25) is 10.0 Å². The number of benzene rings is 2. The van der Waals surface area contributed by atoms with E-state index in [0.29, 0.717) is 23.6 Å². The van der Waals surface area contributed by atoms with E-state index in [9.17, 15) is 13.2 Å². The zero-order valence-electron chi connectivity index (χ0n) is 14.2. The Labute approximate surface area is 147 Å². The van der Waals surface area contributed by atoms with Gasteiger partial charge in [-0.3, -0.25) is 4.79 Å². The molecule has 1 N–H and O–H groups in total. The van der Waals surface area contributed by atoms with E-state index in [1.807, 2.05) is 12.1 Å². The number of ether oxygens (including phenoxy) is 1. The van der Waals surface area contributed by atoms with Gasteiger partial charge in [0.1, 0.15) is 5.75 Å². The lowest BCUT2D eigenvalue weighted by atomic mass is 10.1. The first-order valence-electron chi connectivity index (χ1n) is 7.98. The lowest BCUT2D eigenvalue weighted by Gasteiger charge is -2.20. The number of para-hydroxylation sites is 1. The molecule has 6 nitrogen and oxygen atoms in total. The molecule has 0 saturated heterocycles. The first kappa shape index (κ1) is 17.4. The molecule has 132 valence electrons. The van der Waals surface area contributed by atoms with Crippen LogP contribution in [0.25, 0.3) is 0 Å². The molecule has 0 aromatic heterocycles. The van der Waals surface area contributed by atoms with Crippen LogP contribution in [0.3, 0.4) is 0 Å². The van der Waals surface area contributed by atoms with Gasteiger partial charge in [0.25, 0.3) is 5.91 Å². The summed E-state index contributed by atoms with van der Waals surface area (Å²) in [5.41, 5.74) is 2.09. The fourth-order valence-corrected chi connectivity index (χ4v) is 3.57. The van der Waals surface area contributed by atoms with Crippen molar-refractivity contribution in [1.82, 2.24) is 4.31 Å². The summed E-state index contributed by atoms with van der Waals surface area (Å²) in [5, 5.41) is 2.84. The Morgan fingerprint density at radius 3 is 2.52 bits per heavy atom. The normalized spacial score (nSPS) is 13.9. The van der Waals surface area contributed by atoms with Crippen molar-refractivity contribution in [3.63, 3.8) is 0 Å². The zero-order valence-corrected chi connectivity index (χ0v) is 15.0. The fourth-order valence-electron chi connectivity index (χ4n) is 2.67. The SMILES string of the molecule is CN(C)S(=O)(=O)c1ccc(C(=O)Nc2cccc3c2OCCC3)cc1. The van der Waals surface area contributed by atoms with Crippen LogP contribution in [0.5, 0.6) is 5.75 Å². The van der Waals surface area contributed by atoms with Crippen LogP contribution in [0.2, 0.25) is 0 Å². The summed E-state index contributed by atoms with van der Waals surface area (Å²) in [7, 11) is -0.575. The molecule has 2 aromatic rings. The van der Waals surface area contributed by atoms with Crippen LogP contribution in [-0.4, -0.2) is 39.3 Å². The number of carbonyl (C=O) groups is 1. The van der Waals surface area contributed by atoms with Gasteiger partial charge >= 0.3 is 0 Å². The second kappa shape index (κ2) is 6.85. The number of nitrogens with one attached hydrogen (secondary N) is 1. The predicted molar refractivity (Wildman–Crippen MR) is 95.5 cm³/mol. The maximum Gasteiger partial charge on any atom is 0.255 e. The van der Waals surface area contributed by atoms with Crippen molar-refractivity contribution in [3.05, 3.63) is 53.6 Å². The Balaban J connectivity index is 1.81. The van der Waals surface area contributed by atoms with E-state index in [1.165, 1.54) is 38.4 Å². The summed E-state index contributed by atoms with van der Waals surface area (Å²) >= 11 is 0. The Kier molecular flexibility index (Phi) is 4.78. The summed E-state index contributed by atoms with van der Waals surface area (Å²) in [6.07, 6.45) is 1.89. The topological polar surface area (TPSA) is 75.7 Å². The lowest BCUT2D eigenvalue weighted by Crippen LogP contribution is -2.22. The Morgan fingerprint density at radius 2 is 1.84 bits per heavy atom. The Hall–Kier alpha value is -2.38. The second-order valence-corrected chi connectivity index (χ2v) is 8.16. The van der Waals surface area contributed by atoms with Gasteiger partial charge in [0.15, 0.2) is 0 Å². The molecule has 0 bridgehead atoms. The molecule has 0 atom stereocenters. The van der Waals surface area contributed by atoms with Gasteiger partial charge in [-0.05, 0) is 48.7 Å². The number of nitrogens with zero attached hydrogens (tertiary/aromatic N) is 1. The maximum absolute atomic E-state index is 12.5. The maximum atomic E-state index is 12.5. The molecular weight excluding hydrogens is 340 g/mol. The average molecular weight is 360 g/mol. The fraction of sp³-hybridized carbons (Fsp3) is 0.278. The van der Waals surface area contributed by atoms with E-state index in [4.69, 9.17) is 4.74 Å². The van der Waals surface area contributed by atoms with Crippen LogP contribution in [0.15, 0.2) is 47.4 Å². The quantitative estimate of drug-likeness (QED) is 0.909. The standard InChI is InChI=1S/C18H20N2O4S/c1-20(2)25(22,23)15-10-8-14(9-11-15)18(21)19-16-7-3-5-13-6-4-12-24-17(13)16/h3,5,7-11H,4,6,12H2,1-2H3,(H,19,21). The smallest absolute Gasteiger partial charge is 0.255 e. The van der Waals surface area contributed by atoms with Crippen LogP contribution < -0.4 is 10.1 Å². The van der Waals surface area contributed by atoms with Crippen LogP contribution in [-0.2, 0) is 16.4 Å². The average Bonchev–Trinajstić information content (AvgIpc) is 2.62. The molecule has 3 rings (SSSR count). The number of fused-ring (bicyclic) bond motifs is 1. The largest absolute Gasteiger partial charge is 0.491 e. The molecule has 0 saturated carbocycles. The lowest BCUT2D eigenvalue weighted by molar-refractivity contribution is 0.102. The minimum atomic E-state index is -3.51. The van der Waals surface area contributed by atoms with Crippen molar-refractivity contribution < 1.29 is 17.9 Å². The third kappa shape index (κ3) is 3.52. The number of hydrogen-bond acceptors (Lipinski definition) is 4. The summed E-state index contributed by atoms with van der Waals surface area (Å²) in [5.74, 6) is 0.408. The number of amides is 1. The molecule has 0 spiro atoms. The van der Waals surface area contributed by atoms with Crippen molar-refractivity contribution in [2.45, 2.75) is 17.7 Å². The van der Waals surface area contributed by atoms with Crippen molar-refractivity contribution in [2.75, 3.05) is 26.0 Å². The van der Waals surface area contributed by atoms with Crippen molar-refractivity contribution >= 4 is 21.6 Å². The van der Waals surface area contributed by atoms with E-state index in [2.05, 4.69) is 5.32 Å². The van der Waals surface area contributed by atoms with E-state index in [-0.39, 0.29) is 10.8 Å². The molecule has 25 heavy (non-hydrogen) atoms. The predicted octanol–water partition coefficient (Wildman–Crippen LogP) is 2.51. The highest BCUT2D eigenvalue weighted by Crippen LogP contribution is 2.33. The van der Waals surface area contributed by atoms with Crippen molar-refractivity contribution in [3.8, 4) is 5.75 Å². The number of sulfonamides is 1. The first-order valence-corrected chi connectivity index (χ1v) is 9.42. The minimum Gasteiger partial charge on any atom is -0.491 e. The molecule has 1 amide bonds. The number of anilines is 1. The highest BCUT2D eigenvalue weighted by Gasteiger charge is 2.19. The monoisotopic (exact) mass is 360 g/mol. The summed E-state index contributed by atoms with van der Waals surface area (Å²) < 4.78 is 31.0. The van der Waals surface area contributed by atoms with Gasteiger partial charge in [-0.2, -0.15) is 0 Å². The molecule has 1 aliphatic rings. The van der Waals surface area contributed by atoms with Crippen molar-refractivity contribution in [1.29, 1.82) is 0 Å². The number of aryl methyl sites for hydroxylation is 1. The van der Waals surface area contributed by atoms with Crippen LogP contribution in [0.4, 0.5) is 5.69 Å². The van der Waals surface area contributed by atoms with Gasteiger partial charge in [0.05, 0.1) is 17.2 Å². The Morgan fingerprint density at radius 1 is 1.12 bits per heavy atom. The van der Waals surface area contributed by atoms with Crippen LogP contribution in [0.1, 0.15) is 22.3 Å². The minimum absolute atomic E-state index is 0.148. The highest BCUT2D eigenvalue weighted by molar-refractivity contribution is 7.89. The highest BCUT2D eigenvalue weighted by atomic mass is 32.2. The summed E-state index contributed by atoms with van der Waals surface area (Å²) in [6.45, 7) is 0.636. The molecule has 7 heteroatoms. The second-order valence-electron chi connectivity index (χ2n) is 6.01. The molecule has 1 aliphatic heterocycles. The summed E-state index contributed by atoms with van der Waals surface area (Å²) in [4.78, 5) is 12.6. The van der Waals surface area contributed by atoms with Gasteiger partial charge in [-0.15, -0.1) is 0 Å². The molecule has 2 aromatic carbocycles. The third-order valence-corrected chi connectivity index (χ3v) is 5.91. The number of rotatable bonds is 4. The summed E-state index contributed by atoms with van der Waals surface area (Å²) in [6, 6.07) is 11.5. The van der Waals surface area contributed by atoms with Crippen molar-refractivity contribution in [2.24, 2.45) is 0 Å². The van der Waals surface area contributed by atoms with Gasteiger partial charge in [-0.25, -0.2) is 12.7 Å². The molecule has 0 aliphatic carbocycles. The number of hydrogen-bond donors (Lipinski definition) is 1. The van der Waals surface area contributed by atoms with E-state index >= 15 is 0 Å². The van der Waals surface area contributed by atoms with Gasteiger partial charge in [-0.1, -0.05) is 12.1 Å². The van der Waals surface area contributed by atoms with E-state index in [0.717, 1.165) is 22.7 Å². The zero-order chi connectivity index (χ0) is 18.0. The molecule has 1 heterocycles. The third-order valence-electron chi connectivity index (χ3n) is 4.08. The van der Waals surface area contributed by atoms with Gasteiger partial charge < -0.3 is 10.1 Å². The number of carbonyl (C=O) groups excluding carboxylic acids is 1. The van der Waals surface area contributed by atoms with E-state index < -0.39 is 10.0 Å². The first-order chi connectivity index (χ1) is 11.9. The van der Waals surface area contributed by atoms with Gasteiger partial charge in [0, 0.05) is 19.7 Å².